The summed E-state index contributed by atoms with van der Waals surface area (Å²) in [6.07, 6.45) is 0. The van der Waals surface area contributed by atoms with Gasteiger partial charge in [-0.05, 0) is 40.4 Å². The fraction of sp³-hybridized carbons (Fsp3) is 0.176. The van der Waals surface area contributed by atoms with Crippen molar-refractivity contribution in [3.05, 3.63) is 36.4 Å². The van der Waals surface area contributed by atoms with Gasteiger partial charge in [0.1, 0.15) is 5.75 Å². The van der Waals surface area contributed by atoms with E-state index in [-0.39, 0.29) is 5.75 Å². The van der Waals surface area contributed by atoms with Crippen LogP contribution in [0.4, 0.5) is 0 Å². The Hall–Kier alpha value is -2.62. The molecule has 4 nitrogen and oxygen atoms in total. The molecule has 0 fully saturated rings. The molecule has 0 heterocycles. The SMILES string of the molecule is COc1ccc2c(ccc3cc(OC)c(O)c(OC)c32)c1. The molecule has 0 aromatic heterocycles. The molecular formula is C17H16O4. The largest absolute Gasteiger partial charge is 0.502 e. The molecule has 4 heteroatoms. The molecule has 0 spiro atoms. The summed E-state index contributed by atoms with van der Waals surface area (Å²) >= 11 is 0. The fourth-order valence-corrected chi connectivity index (χ4v) is 2.62. The van der Waals surface area contributed by atoms with Gasteiger partial charge >= 0.3 is 0 Å². The van der Waals surface area contributed by atoms with E-state index in [9.17, 15) is 5.11 Å². The van der Waals surface area contributed by atoms with Gasteiger partial charge in [-0.3, -0.25) is 0 Å². The number of aromatic hydroxyl groups is 1. The van der Waals surface area contributed by atoms with E-state index in [0.29, 0.717) is 11.5 Å². The average Bonchev–Trinajstić information content (AvgIpc) is 2.53. The van der Waals surface area contributed by atoms with E-state index < -0.39 is 0 Å². The Kier molecular flexibility index (Phi) is 3.22. The van der Waals surface area contributed by atoms with Crippen LogP contribution in [0.15, 0.2) is 36.4 Å². The van der Waals surface area contributed by atoms with E-state index in [1.165, 1.54) is 14.2 Å². The molecule has 3 aromatic rings. The van der Waals surface area contributed by atoms with Gasteiger partial charge in [0, 0.05) is 5.39 Å². The summed E-state index contributed by atoms with van der Waals surface area (Å²) in [6.45, 7) is 0. The summed E-state index contributed by atoms with van der Waals surface area (Å²) in [7, 11) is 4.70. The highest BCUT2D eigenvalue weighted by Crippen LogP contribution is 2.45. The van der Waals surface area contributed by atoms with Crippen LogP contribution in [0.25, 0.3) is 21.5 Å². The number of methoxy groups -OCH3 is 3. The van der Waals surface area contributed by atoms with Crippen molar-refractivity contribution in [2.24, 2.45) is 0 Å². The summed E-state index contributed by atoms with van der Waals surface area (Å²) in [5.74, 6) is 1.61. The Balaban J connectivity index is 2.46. The molecule has 0 amide bonds. The maximum Gasteiger partial charge on any atom is 0.201 e. The molecule has 21 heavy (non-hydrogen) atoms. The van der Waals surface area contributed by atoms with Crippen molar-refractivity contribution in [2.45, 2.75) is 0 Å². The van der Waals surface area contributed by atoms with Crippen molar-refractivity contribution in [1.29, 1.82) is 0 Å². The molecule has 0 aliphatic rings. The number of phenols is 1. The molecule has 1 N–H and O–H groups in total. The Labute approximate surface area is 122 Å². The number of ether oxygens (including phenoxy) is 3. The Morgan fingerprint density at radius 1 is 0.810 bits per heavy atom. The van der Waals surface area contributed by atoms with Crippen LogP contribution in [0, 0.1) is 0 Å². The number of hydrogen-bond acceptors (Lipinski definition) is 4. The van der Waals surface area contributed by atoms with Crippen LogP contribution in [0.1, 0.15) is 0 Å². The van der Waals surface area contributed by atoms with Gasteiger partial charge in [-0.1, -0.05) is 12.1 Å². The predicted molar refractivity (Wildman–Crippen MR) is 82.8 cm³/mol. The highest BCUT2D eigenvalue weighted by Gasteiger charge is 2.16. The second kappa shape index (κ2) is 5.05. The lowest BCUT2D eigenvalue weighted by Crippen LogP contribution is -1.92. The van der Waals surface area contributed by atoms with Crippen molar-refractivity contribution >= 4 is 21.5 Å². The summed E-state index contributed by atoms with van der Waals surface area (Å²) in [5, 5.41) is 14.1. The topological polar surface area (TPSA) is 47.9 Å². The van der Waals surface area contributed by atoms with E-state index in [2.05, 4.69) is 0 Å². The lowest BCUT2D eigenvalue weighted by molar-refractivity contribution is 0.343. The van der Waals surface area contributed by atoms with Gasteiger partial charge in [0.15, 0.2) is 11.5 Å². The minimum absolute atomic E-state index is 0.0100. The second-order valence-corrected chi connectivity index (χ2v) is 4.71. The molecule has 0 aliphatic carbocycles. The lowest BCUT2D eigenvalue weighted by atomic mass is 10.00. The van der Waals surface area contributed by atoms with Gasteiger partial charge in [0.05, 0.1) is 21.3 Å². The third kappa shape index (κ3) is 2.00. The zero-order valence-corrected chi connectivity index (χ0v) is 12.1. The number of hydrogen-bond donors (Lipinski definition) is 1. The van der Waals surface area contributed by atoms with Crippen LogP contribution < -0.4 is 14.2 Å². The molecule has 3 aromatic carbocycles. The fourth-order valence-electron chi connectivity index (χ4n) is 2.62. The van der Waals surface area contributed by atoms with Crippen LogP contribution in [0.5, 0.6) is 23.0 Å². The molecule has 0 radical (unpaired) electrons. The zero-order chi connectivity index (χ0) is 15.0. The highest BCUT2D eigenvalue weighted by molar-refractivity contribution is 6.12. The minimum Gasteiger partial charge on any atom is -0.502 e. The summed E-state index contributed by atoms with van der Waals surface area (Å²) in [5.41, 5.74) is 0. The average molecular weight is 284 g/mol. The number of rotatable bonds is 3. The maximum absolute atomic E-state index is 10.3. The minimum atomic E-state index is 0.0100. The number of phenolic OH excluding ortho intramolecular Hbond substituents is 1. The van der Waals surface area contributed by atoms with Gasteiger partial charge in [-0.25, -0.2) is 0 Å². The molecule has 0 bridgehead atoms. The first kappa shape index (κ1) is 13.4. The van der Waals surface area contributed by atoms with E-state index in [0.717, 1.165) is 27.3 Å². The van der Waals surface area contributed by atoms with E-state index in [1.54, 1.807) is 13.2 Å². The van der Waals surface area contributed by atoms with Gasteiger partial charge in [0.25, 0.3) is 0 Å². The van der Waals surface area contributed by atoms with E-state index in [1.807, 2.05) is 30.3 Å². The summed E-state index contributed by atoms with van der Waals surface area (Å²) in [4.78, 5) is 0. The monoisotopic (exact) mass is 284 g/mol. The van der Waals surface area contributed by atoms with Gasteiger partial charge in [-0.2, -0.15) is 0 Å². The number of benzene rings is 3. The van der Waals surface area contributed by atoms with Crippen molar-refractivity contribution in [2.75, 3.05) is 21.3 Å². The molecule has 0 atom stereocenters. The normalized spacial score (nSPS) is 10.8. The van der Waals surface area contributed by atoms with E-state index >= 15 is 0 Å². The summed E-state index contributed by atoms with van der Waals surface area (Å²) < 4.78 is 15.8. The van der Waals surface area contributed by atoms with Crippen molar-refractivity contribution in [3.63, 3.8) is 0 Å². The van der Waals surface area contributed by atoms with E-state index in [4.69, 9.17) is 14.2 Å². The highest BCUT2D eigenvalue weighted by atomic mass is 16.5. The quantitative estimate of drug-likeness (QED) is 0.745. The third-order valence-electron chi connectivity index (χ3n) is 3.65. The van der Waals surface area contributed by atoms with Crippen LogP contribution >= 0.6 is 0 Å². The lowest BCUT2D eigenvalue weighted by Gasteiger charge is -2.14. The van der Waals surface area contributed by atoms with Crippen LogP contribution in [0.3, 0.4) is 0 Å². The standard InChI is InChI=1S/C17H16O4/c1-19-12-6-7-13-10(8-12)4-5-11-9-14(20-2)16(18)17(21-3)15(11)13/h4-9,18H,1-3H3. The van der Waals surface area contributed by atoms with Gasteiger partial charge in [0.2, 0.25) is 5.75 Å². The first-order valence-electron chi connectivity index (χ1n) is 6.54. The van der Waals surface area contributed by atoms with Crippen molar-refractivity contribution in [1.82, 2.24) is 0 Å². The second-order valence-electron chi connectivity index (χ2n) is 4.71. The molecule has 3 rings (SSSR count). The molecule has 108 valence electrons. The first-order valence-corrected chi connectivity index (χ1v) is 6.54. The third-order valence-corrected chi connectivity index (χ3v) is 3.65. The molecule has 0 saturated heterocycles. The maximum atomic E-state index is 10.3. The molecule has 0 aliphatic heterocycles. The Morgan fingerprint density at radius 3 is 2.24 bits per heavy atom. The summed E-state index contributed by atoms with van der Waals surface area (Å²) in [6, 6.07) is 11.6. The molecular weight excluding hydrogens is 268 g/mol. The molecule has 0 saturated carbocycles. The van der Waals surface area contributed by atoms with Crippen LogP contribution in [0.2, 0.25) is 0 Å². The van der Waals surface area contributed by atoms with Crippen LogP contribution in [-0.4, -0.2) is 26.4 Å². The molecule has 0 unspecified atom stereocenters. The zero-order valence-electron chi connectivity index (χ0n) is 12.1. The Morgan fingerprint density at radius 2 is 1.57 bits per heavy atom. The van der Waals surface area contributed by atoms with Crippen LogP contribution in [-0.2, 0) is 0 Å². The first-order chi connectivity index (χ1) is 10.2. The predicted octanol–water partition coefficient (Wildman–Crippen LogP) is 3.72. The van der Waals surface area contributed by atoms with Crippen molar-refractivity contribution < 1.29 is 19.3 Å². The van der Waals surface area contributed by atoms with Gasteiger partial charge < -0.3 is 19.3 Å². The van der Waals surface area contributed by atoms with Gasteiger partial charge in [-0.15, -0.1) is 0 Å². The van der Waals surface area contributed by atoms with Crippen molar-refractivity contribution in [3.8, 4) is 23.0 Å². The Bertz CT molecular complexity index is 824. The smallest absolute Gasteiger partial charge is 0.201 e. The number of fused-ring (bicyclic) bond motifs is 3.